The third-order valence-electron chi connectivity index (χ3n) is 3.63. The first-order valence-corrected chi connectivity index (χ1v) is 6.60. The van der Waals surface area contributed by atoms with Crippen LogP contribution in [0, 0.1) is 5.92 Å². The summed E-state index contributed by atoms with van der Waals surface area (Å²) in [5.74, 6) is 1.19. The number of hydrogen-bond donors (Lipinski definition) is 3. The van der Waals surface area contributed by atoms with Gasteiger partial charge in [-0.1, -0.05) is 18.5 Å². The molecule has 0 atom stereocenters. The number of halogens is 1. The van der Waals surface area contributed by atoms with Crippen molar-refractivity contribution >= 4 is 23.1 Å². The Morgan fingerprint density at radius 2 is 2.17 bits per heavy atom. The maximum Gasteiger partial charge on any atom is 0.157 e. The lowest BCUT2D eigenvalue weighted by Gasteiger charge is -2.35. The monoisotopic (exact) mass is 270 g/mol. The van der Waals surface area contributed by atoms with Crippen molar-refractivity contribution in [3.05, 3.63) is 11.5 Å². The van der Waals surface area contributed by atoms with E-state index in [0.717, 1.165) is 25.7 Å². The van der Waals surface area contributed by atoms with Gasteiger partial charge < -0.3 is 16.2 Å². The summed E-state index contributed by atoms with van der Waals surface area (Å²) in [6, 6.07) is 0. The van der Waals surface area contributed by atoms with Crippen molar-refractivity contribution in [2.24, 2.45) is 5.92 Å². The molecule has 1 saturated carbocycles. The zero-order valence-electron chi connectivity index (χ0n) is 10.5. The predicted octanol–water partition coefficient (Wildman–Crippen LogP) is 2.07. The Bertz CT molecular complexity index is 419. The Morgan fingerprint density at radius 3 is 2.83 bits per heavy atom. The van der Waals surface area contributed by atoms with E-state index < -0.39 is 5.60 Å². The van der Waals surface area contributed by atoms with Crippen LogP contribution in [0.1, 0.15) is 32.6 Å². The molecule has 18 heavy (non-hydrogen) atoms. The molecule has 6 heteroatoms. The molecule has 0 aromatic carbocycles. The van der Waals surface area contributed by atoms with E-state index in [1.807, 2.05) is 0 Å². The van der Waals surface area contributed by atoms with Gasteiger partial charge in [0.25, 0.3) is 0 Å². The number of rotatable bonds is 3. The zero-order valence-corrected chi connectivity index (χ0v) is 11.2. The van der Waals surface area contributed by atoms with Crippen LogP contribution in [0.3, 0.4) is 0 Å². The summed E-state index contributed by atoms with van der Waals surface area (Å²) < 4.78 is 0. The molecule has 1 fully saturated rings. The van der Waals surface area contributed by atoms with Crippen molar-refractivity contribution in [3.63, 3.8) is 0 Å². The Hall–Kier alpha value is -1.07. The summed E-state index contributed by atoms with van der Waals surface area (Å²) in [7, 11) is 0. The summed E-state index contributed by atoms with van der Waals surface area (Å²) in [6.45, 7) is 2.66. The standard InChI is InChI=1S/C12H19ClN4O/c1-8-2-4-12(18,5-3-8)6-15-11-9(14)10(13)16-7-17-11/h7-8,18H,2-6,14H2,1H3,(H,15,16,17). The quantitative estimate of drug-likeness (QED) is 0.732. The van der Waals surface area contributed by atoms with Crippen LogP contribution in [0.15, 0.2) is 6.33 Å². The molecule has 1 heterocycles. The normalized spacial score (nSPS) is 28.1. The number of hydrogen-bond acceptors (Lipinski definition) is 5. The van der Waals surface area contributed by atoms with Gasteiger partial charge >= 0.3 is 0 Å². The molecule has 0 spiro atoms. The van der Waals surface area contributed by atoms with Crippen molar-refractivity contribution in [2.75, 3.05) is 17.6 Å². The summed E-state index contributed by atoms with van der Waals surface area (Å²) in [5.41, 5.74) is 5.42. The Kier molecular flexibility index (Phi) is 3.92. The van der Waals surface area contributed by atoms with Gasteiger partial charge in [0, 0.05) is 6.54 Å². The van der Waals surface area contributed by atoms with Gasteiger partial charge in [0.2, 0.25) is 0 Å². The van der Waals surface area contributed by atoms with E-state index in [1.54, 1.807) is 0 Å². The summed E-state index contributed by atoms with van der Waals surface area (Å²) in [5, 5.41) is 13.7. The molecule has 1 aliphatic rings. The highest BCUT2D eigenvalue weighted by Crippen LogP contribution is 2.32. The minimum absolute atomic E-state index is 0.233. The molecular weight excluding hydrogens is 252 g/mol. The van der Waals surface area contributed by atoms with Crippen molar-refractivity contribution in [1.29, 1.82) is 0 Å². The van der Waals surface area contributed by atoms with E-state index in [4.69, 9.17) is 17.3 Å². The first-order chi connectivity index (χ1) is 8.50. The lowest BCUT2D eigenvalue weighted by atomic mass is 9.79. The van der Waals surface area contributed by atoms with Crippen LogP contribution >= 0.6 is 11.6 Å². The van der Waals surface area contributed by atoms with Gasteiger partial charge in [0.05, 0.1) is 5.60 Å². The fourth-order valence-electron chi connectivity index (χ4n) is 2.24. The fourth-order valence-corrected chi connectivity index (χ4v) is 2.37. The predicted molar refractivity (Wildman–Crippen MR) is 72.5 cm³/mol. The Morgan fingerprint density at radius 1 is 1.50 bits per heavy atom. The van der Waals surface area contributed by atoms with Crippen molar-refractivity contribution in [1.82, 2.24) is 9.97 Å². The number of nitrogens with zero attached hydrogens (tertiary/aromatic N) is 2. The lowest BCUT2D eigenvalue weighted by molar-refractivity contribution is 0.00496. The van der Waals surface area contributed by atoms with Gasteiger partial charge in [-0.3, -0.25) is 0 Å². The average molecular weight is 271 g/mol. The van der Waals surface area contributed by atoms with Crippen LogP contribution < -0.4 is 11.1 Å². The van der Waals surface area contributed by atoms with Gasteiger partial charge in [-0.15, -0.1) is 0 Å². The van der Waals surface area contributed by atoms with E-state index in [9.17, 15) is 5.11 Å². The van der Waals surface area contributed by atoms with Crippen molar-refractivity contribution in [3.8, 4) is 0 Å². The second-order valence-corrected chi connectivity index (χ2v) is 5.55. The molecule has 1 aromatic heterocycles. The third kappa shape index (κ3) is 3.03. The minimum atomic E-state index is -0.670. The van der Waals surface area contributed by atoms with Crippen LogP contribution in [-0.2, 0) is 0 Å². The van der Waals surface area contributed by atoms with Crippen molar-refractivity contribution < 1.29 is 5.11 Å². The molecule has 0 aliphatic heterocycles. The third-order valence-corrected chi connectivity index (χ3v) is 3.93. The summed E-state index contributed by atoms with van der Waals surface area (Å²) in [4.78, 5) is 7.81. The number of nitrogens with one attached hydrogen (secondary N) is 1. The maximum absolute atomic E-state index is 10.4. The van der Waals surface area contributed by atoms with Crippen LogP contribution in [0.4, 0.5) is 11.5 Å². The SMILES string of the molecule is CC1CCC(O)(CNc2ncnc(Cl)c2N)CC1. The summed E-state index contributed by atoms with van der Waals surface area (Å²) >= 11 is 5.81. The maximum atomic E-state index is 10.4. The first kappa shape index (κ1) is 13.4. The van der Waals surface area contributed by atoms with E-state index in [-0.39, 0.29) is 5.15 Å². The first-order valence-electron chi connectivity index (χ1n) is 6.22. The van der Waals surface area contributed by atoms with Gasteiger partial charge in [0.1, 0.15) is 12.0 Å². The zero-order chi connectivity index (χ0) is 13.2. The molecule has 4 N–H and O–H groups in total. The molecule has 0 amide bonds. The molecule has 100 valence electrons. The molecule has 1 aliphatic carbocycles. The number of nitrogens with two attached hydrogens (primary N) is 1. The molecule has 0 bridgehead atoms. The molecule has 0 saturated heterocycles. The Labute approximate surface area is 112 Å². The largest absolute Gasteiger partial charge is 0.393 e. The molecule has 0 unspecified atom stereocenters. The van der Waals surface area contributed by atoms with Crippen LogP contribution in [0.25, 0.3) is 0 Å². The molecule has 5 nitrogen and oxygen atoms in total. The number of aromatic nitrogens is 2. The topological polar surface area (TPSA) is 84.1 Å². The molecule has 1 aromatic rings. The van der Waals surface area contributed by atoms with E-state index in [0.29, 0.717) is 24.0 Å². The highest BCUT2D eigenvalue weighted by atomic mass is 35.5. The minimum Gasteiger partial charge on any atom is -0.393 e. The lowest BCUT2D eigenvalue weighted by Crippen LogP contribution is -2.40. The van der Waals surface area contributed by atoms with E-state index in [1.165, 1.54) is 6.33 Å². The van der Waals surface area contributed by atoms with Gasteiger partial charge in [-0.2, -0.15) is 0 Å². The van der Waals surface area contributed by atoms with E-state index in [2.05, 4.69) is 22.2 Å². The van der Waals surface area contributed by atoms with Gasteiger partial charge in [-0.05, 0) is 31.6 Å². The average Bonchev–Trinajstić information content (AvgIpc) is 2.35. The number of anilines is 2. The van der Waals surface area contributed by atoms with Gasteiger partial charge in [-0.25, -0.2) is 9.97 Å². The second kappa shape index (κ2) is 5.28. The van der Waals surface area contributed by atoms with Crippen LogP contribution in [-0.4, -0.2) is 27.2 Å². The van der Waals surface area contributed by atoms with Crippen LogP contribution in [0.5, 0.6) is 0 Å². The van der Waals surface area contributed by atoms with Crippen molar-refractivity contribution in [2.45, 2.75) is 38.2 Å². The van der Waals surface area contributed by atoms with Gasteiger partial charge in [0.15, 0.2) is 11.0 Å². The van der Waals surface area contributed by atoms with Crippen LogP contribution in [0.2, 0.25) is 5.15 Å². The van der Waals surface area contributed by atoms with E-state index >= 15 is 0 Å². The second-order valence-electron chi connectivity index (χ2n) is 5.19. The highest BCUT2D eigenvalue weighted by Gasteiger charge is 2.31. The molecule has 0 radical (unpaired) electrons. The highest BCUT2D eigenvalue weighted by molar-refractivity contribution is 6.32. The molecular formula is C12H19ClN4O. The Balaban J connectivity index is 1.97. The molecule has 2 rings (SSSR count). The number of aliphatic hydroxyl groups is 1. The fraction of sp³-hybridized carbons (Fsp3) is 0.667. The smallest absolute Gasteiger partial charge is 0.157 e. The number of nitrogen functional groups attached to an aromatic ring is 1. The summed E-state index contributed by atoms with van der Waals surface area (Å²) in [6.07, 6.45) is 5.07.